The van der Waals surface area contributed by atoms with Crippen molar-refractivity contribution in [3.63, 3.8) is 0 Å². The highest BCUT2D eigenvalue weighted by Crippen LogP contribution is 2.25. The lowest BCUT2D eigenvalue weighted by molar-refractivity contribution is -0.121. The molecule has 3 N–H and O–H groups in total. The number of carbonyl (C=O) groups is 1. The highest BCUT2D eigenvalue weighted by molar-refractivity contribution is 6.30. The summed E-state index contributed by atoms with van der Waals surface area (Å²) in [4.78, 5) is 12.3. The van der Waals surface area contributed by atoms with Crippen LogP contribution >= 0.6 is 24.0 Å². The molecule has 2 aromatic rings. The van der Waals surface area contributed by atoms with E-state index in [4.69, 9.17) is 17.3 Å². The third kappa shape index (κ3) is 7.32. The van der Waals surface area contributed by atoms with Crippen molar-refractivity contribution in [2.45, 2.75) is 38.1 Å². The Morgan fingerprint density at radius 3 is 2.35 bits per heavy atom. The van der Waals surface area contributed by atoms with Gasteiger partial charge in [-0.25, -0.2) is 4.39 Å². The summed E-state index contributed by atoms with van der Waals surface area (Å²) in [6.07, 6.45) is 4.25. The number of unbranched alkanes of at least 4 members (excludes halogenated alkanes) is 3. The minimum absolute atomic E-state index is 0. The lowest BCUT2D eigenvalue weighted by Crippen LogP contribution is -2.29. The number of rotatable bonds is 9. The lowest BCUT2D eigenvalue weighted by Gasteiger charge is -2.20. The van der Waals surface area contributed by atoms with Gasteiger partial charge in [-0.2, -0.15) is 0 Å². The number of halogens is 3. The van der Waals surface area contributed by atoms with Crippen LogP contribution in [-0.2, 0) is 4.79 Å². The smallest absolute Gasteiger partial charge is 0.220 e. The minimum atomic E-state index is -0.425. The summed E-state index contributed by atoms with van der Waals surface area (Å²) >= 11 is 6.08. The molecule has 6 heteroatoms. The van der Waals surface area contributed by atoms with E-state index in [1.165, 1.54) is 12.1 Å². The van der Waals surface area contributed by atoms with Crippen LogP contribution in [0.2, 0.25) is 5.02 Å². The van der Waals surface area contributed by atoms with E-state index >= 15 is 0 Å². The summed E-state index contributed by atoms with van der Waals surface area (Å²) in [7, 11) is 0. The second-order valence-corrected chi connectivity index (χ2v) is 6.50. The molecule has 0 heterocycles. The van der Waals surface area contributed by atoms with Crippen molar-refractivity contribution in [2.75, 3.05) is 6.54 Å². The van der Waals surface area contributed by atoms with Crippen molar-refractivity contribution < 1.29 is 9.18 Å². The maximum Gasteiger partial charge on any atom is 0.220 e. The molecular weight excluding hydrogens is 374 g/mol. The molecule has 0 spiro atoms. The number of amides is 1. The summed E-state index contributed by atoms with van der Waals surface area (Å²) in [5, 5.41) is 3.58. The average molecular weight is 399 g/mol. The topological polar surface area (TPSA) is 55.1 Å². The summed E-state index contributed by atoms with van der Waals surface area (Å²) in [6, 6.07) is 13.1. The second-order valence-electron chi connectivity index (χ2n) is 6.06. The largest absolute Gasteiger partial charge is 0.345 e. The normalized spacial score (nSPS) is 11.5. The van der Waals surface area contributed by atoms with E-state index in [0.29, 0.717) is 23.6 Å². The van der Waals surface area contributed by atoms with Crippen LogP contribution in [0.3, 0.4) is 0 Å². The number of benzene rings is 2. The monoisotopic (exact) mass is 398 g/mol. The second kappa shape index (κ2) is 11.9. The first-order chi connectivity index (χ1) is 12.1. The average Bonchev–Trinajstić information content (AvgIpc) is 2.59. The fourth-order valence-corrected chi connectivity index (χ4v) is 2.95. The van der Waals surface area contributed by atoms with Gasteiger partial charge in [-0.1, -0.05) is 48.7 Å². The number of hydrogen-bond acceptors (Lipinski definition) is 2. The van der Waals surface area contributed by atoms with E-state index < -0.39 is 6.04 Å². The van der Waals surface area contributed by atoms with Crippen LogP contribution in [0.4, 0.5) is 4.39 Å². The minimum Gasteiger partial charge on any atom is -0.345 e. The molecule has 0 aromatic heterocycles. The summed E-state index contributed by atoms with van der Waals surface area (Å²) in [5.74, 6) is -0.387. The van der Waals surface area contributed by atoms with E-state index in [9.17, 15) is 9.18 Å². The van der Waals surface area contributed by atoms with Crippen molar-refractivity contribution in [3.05, 3.63) is 70.5 Å². The molecule has 0 aliphatic heterocycles. The van der Waals surface area contributed by atoms with Gasteiger partial charge in [0.1, 0.15) is 5.82 Å². The first-order valence-electron chi connectivity index (χ1n) is 8.60. The fourth-order valence-electron chi connectivity index (χ4n) is 2.75. The van der Waals surface area contributed by atoms with Gasteiger partial charge in [0.05, 0.1) is 6.04 Å². The predicted molar refractivity (Wildman–Crippen MR) is 107 cm³/mol. The number of nitrogens with one attached hydrogen (secondary N) is 1. The lowest BCUT2D eigenvalue weighted by atomic mass is 9.98. The first kappa shape index (κ1) is 22.4. The Kier molecular flexibility index (Phi) is 10.3. The zero-order valence-corrected chi connectivity index (χ0v) is 16.2. The van der Waals surface area contributed by atoms with E-state index in [2.05, 4.69) is 5.32 Å². The maximum atomic E-state index is 13.6. The maximum absolute atomic E-state index is 13.6. The van der Waals surface area contributed by atoms with Crippen LogP contribution in [0, 0.1) is 5.82 Å². The highest BCUT2D eigenvalue weighted by atomic mass is 35.5. The van der Waals surface area contributed by atoms with E-state index in [1.807, 2.05) is 12.1 Å². The van der Waals surface area contributed by atoms with E-state index in [1.54, 1.807) is 24.3 Å². The Morgan fingerprint density at radius 2 is 1.69 bits per heavy atom. The van der Waals surface area contributed by atoms with Gasteiger partial charge in [0, 0.05) is 11.4 Å². The highest BCUT2D eigenvalue weighted by Gasteiger charge is 2.17. The standard InChI is InChI=1S/C20H24ClFN2O.ClH/c21-17-9-5-7-15(13-17)20(16-8-6-10-18(22)14-16)24-19(25)11-3-1-2-4-12-23;/h5-10,13-14,20H,1-4,11-12,23H2,(H,24,25);1H. The zero-order chi connectivity index (χ0) is 18.1. The van der Waals surface area contributed by atoms with Crippen LogP contribution in [0.5, 0.6) is 0 Å². The van der Waals surface area contributed by atoms with E-state index in [0.717, 1.165) is 31.2 Å². The molecule has 2 rings (SSSR count). The number of carbonyl (C=O) groups excluding carboxylic acids is 1. The molecule has 142 valence electrons. The molecule has 26 heavy (non-hydrogen) atoms. The van der Waals surface area contributed by atoms with Crippen LogP contribution in [0.25, 0.3) is 0 Å². The number of hydrogen-bond donors (Lipinski definition) is 2. The molecule has 1 atom stereocenters. The van der Waals surface area contributed by atoms with Crippen molar-refractivity contribution in [1.29, 1.82) is 0 Å². The Hall–Kier alpha value is -1.62. The SMILES string of the molecule is Cl.NCCCCCCC(=O)NC(c1cccc(F)c1)c1cccc(Cl)c1. The molecule has 0 aliphatic carbocycles. The van der Waals surface area contributed by atoms with Crippen LogP contribution in [-0.4, -0.2) is 12.5 Å². The molecule has 2 aromatic carbocycles. The van der Waals surface area contributed by atoms with Crippen molar-refractivity contribution >= 4 is 29.9 Å². The Labute approximate surface area is 165 Å². The molecule has 0 radical (unpaired) electrons. The first-order valence-corrected chi connectivity index (χ1v) is 8.98. The van der Waals surface area contributed by atoms with Crippen LogP contribution in [0.1, 0.15) is 49.3 Å². The Balaban J connectivity index is 0.00000338. The van der Waals surface area contributed by atoms with Gasteiger partial charge in [0.25, 0.3) is 0 Å². The fraction of sp³-hybridized carbons (Fsp3) is 0.350. The van der Waals surface area contributed by atoms with Gasteiger partial charge in [-0.05, 0) is 54.8 Å². The quantitative estimate of drug-likeness (QED) is 0.582. The summed E-state index contributed by atoms with van der Waals surface area (Å²) in [6.45, 7) is 0.683. The molecule has 1 unspecified atom stereocenters. The van der Waals surface area contributed by atoms with Crippen molar-refractivity contribution in [3.8, 4) is 0 Å². The molecule has 0 aliphatic rings. The van der Waals surface area contributed by atoms with Gasteiger partial charge >= 0.3 is 0 Å². The van der Waals surface area contributed by atoms with Gasteiger partial charge in [-0.3, -0.25) is 4.79 Å². The Bertz CT molecular complexity index is 652. The van der Waals surface area contributed by atoms with Gasteiger partial charge in [0.2, 0.25) is 5.91 Å². The third-order valence-corrected chi connectivity index (χ3v) is 4.26. The molecule has 1 amide bonds. The molecule has 0 bridgehead atoms. The molecular formula is C20H25Cl2FN2O. The molecule has 0 saturated heterocycles. The Morgan fingerprint density at radius 1 is 1.04 bits per heavy atom. The van der Waals surface area contributed by atoms with Gasteiger partial charge < -0.3 is 11.1 Å². The predicted octanol–water partition coefficient (Wildman–Crippen LogP) is 5.02. The van der Waals surface area contributed by atoms with Crippen molar-refractivity contribution in [2.24, 2.45) is 5.73 Å². The molecule has 3 nitrogen and oxygen atoms in total. The summed E-state index contributed by atoms with van der Waals surface area (Å²) in [5.41, 5.74) is 6.99. The zero-order valence-electron chi connectivity index (χ0n) is 14.6. The molecule has 0 fully saturated rings. The third-order valence-electron chi connectivity index (χ3n) is 4.03. The van der Waals surface area contributed by atoms with Gasteiger partial charge in [0.15, 0.2) is 0 Å². The van der Waals surface area contributed by atoms with E-state index in [-0.39, 0.29) is 24.1 Å². The van der Waals surface area contributed by atoms with Crippen LogP contribution < -0.4 is 11.1 Å². The van der Waals surface area contributed by atoms with Crippen molar-refractivity contribution in [1.82, 2.24) is 5.32 Å². The van der Waals surface area contributed by atoms with Gasteiger partial charge in [-0.15, -0.1) is 12.4 Å². The molecule has 0 saturated carbocycles. The number of nitrogens with two attached hydrogens (primary N) is 1. The van der Waals surface area contributed by atoms with Crippen LogP contribution in [0.15, 0.2) is 48.5 Å². The summed E-state index contributed by atoms with van der Waals surface area (Å²) < 4.78 is 13.6.